The average molecular weight is 650 g/mol. The number of thiazole rings is 1. The summed E-state index contributed by atoms with van der Waals surface area (Å²) in [6.07, 6.45) is 4.69. The molecule has 0 fully saturated rings. The van der Waals surface area contributed by atoms with Crippen molar-refractivity contribution >= 4 is 72.8 Å². The molecule has 9 aromatic rings. The van der Waals surface area contributed by atoms with Crippen LogP contribution in [-0.2, 0) is 0 Å². The predicted molar refractivity (Wildman–Crippen MR) is 203 cm³/mol. The molecule has 0 spiro atoms. The first kappa shape index (κ1) is 26.7. The first-order chi connectivity index (χ1) is 23.8. The topological polar surface area (TPSA) is 22.8 Å². The highest BCUT2D eigenvalue weighted by Gasteiger charge is 2.38. The zero-order valence-corrected chi connectivity index (χ0v) is 27.4. The molecular weight excluding hydrogens is 623 g/mol. The lowest BCUT2D eigenvalue weighted by Crippen LogP contribution is -2.13. The summed E-state index contributed by atoms with van der Waals surface area (Å²) in [4.78, 5) is 8.11. The molecule has 1 aliphatic heterocycles. The van der Waals surface area contributed by atoms with E-state index in [4.69, 9.17) is 4.98 Å². The molecule has 0 bridgehead atoms. The second-order valence-electron chi connectivity index (χ2n) is 12.7. The molecule has 0 saturated carbocycles. The molecule has 3 aromatic heterocycles. The number of hydrogen-bond acceptors (Lipinski definition) is 3. The molecule has 11 rings (SSSR count). The quantitative estimate of drug-likeness (QED) is 0.190. The van der Waals surface area contributed by atoms with E-state index in [0.29, 0.717) is 11.2 Å². The van der Waals surface area contributed by atoms with Gasteiger partial charge in [-0.2, -0.15) is 0 Å². The number of benzene rings is 6. The lowest BCUT2D eigenvalue weighted by atomic mass is 9.89. The fourth-order valence-electron chi connectivity index (χ4n) is 8.00. The van der Waals surface area contributed by atoms with Crippen LogP contribution in [0.3, 0.4) is 0 Å². The number of hydrogen-bond donors (Lipinski definition) is 0. The summed E-state index contributed by atoms with van der Waals surface area (Å²) < 4.78 is 4.79. The Bertz CT molecular complexity index is 2780. The van der Waals surface area contributed by atoms with Crippen molar-refractivity contribution in [1.29, 1.82) is 0 Å². The molecule has 0 amide bonds. The third-order valence-corrected chi connectivity index (χ3v) is 12.5. The summed E-state index contributed by atoms with van der Waals surface area (Å²) in [5.41, 5.74) is 11.0. The maximum absolute atomic E-state index is 5.46. The molecule has 226 valence electrons. The van der Waals surface area contributed by atoms with E-state index in [9.17, 15) is 0 Å². The highest BCUT2D eigenvalue weighted by molar-refractivity contribution is 8.00. The summed E-state index contributed by atoms with van der Waals surface area (Å²) in [6, 6.07) is 50.9. The predicted octanol–water partition coefficient (Wildman–Crippen LogP) is 11.6. The first-order valence-corrected chi connectivity index (χ1v) is 18.1. The van der Waals surface area contributed by atoms with Gasteiger partial charge in [0.2, 0.25) is 0 Å². The van der Waals surface area contributed by atoms with Crippen molar-refractivity contribution in [3.05, 3.63) is 162 Å². The van der Waals surface area contributed by atoms with Gasteiger partial charge in [0, 0.05) is 43.3 Å². The van der Waals surface area contributed by atoms with Gasteiger partial charge >= 0.3 is 0 Å². The molecule has 0 radical (unpaired) electrons. The summed E-state index contributed by atoms with van der Waals surface area (Å²) in [5, 5.41) is 6.46. The van der Waals surface area contributed by atoms with Crippen LogP contribution in [0.1, 0.15) is 22.1 Å². The Kier molecular flexibility index (Phi) is 5.60. The Morgan fingerprint density at radius 3 is 1.90 bits per heavy atom. The van der Waals surface area contributed by atoms with Gasteiger partial charge in [0.25, 0.3) is 0 Å². The van der Waals surface area contributed by atoms with E-state index in [1.54, 1.807) is 11.3 Å². The molecule has 3 nitrogen and oxygen atoms in total. The van der Waals surface area contributed by atoms with E-state index in [1.165, 1.54) is 81.5 Å². The Morgan fingerprint density at radius 1 is 0.542 bits per heavy atom. The van der Waals surface area contributed by atoms with E-state index >= 15 is 0 Å². The van der Waals surface area contributed by atoms with E-state index in [1.807, 2.05) is 11.8 Å². The number of fused-ring (bicyclic) bond motifs is 11. The monoisotopic (exact) mass is 649 g/mol. The van der Waals surface area contributed by atoms with Crippen LogP contribution >= 0.6 is 23.1 Å². The Labute approximate surface area is 285 Å². The van der Waals surface area contributed by atoms with Crippen LogP contribution in [0.5, 0.6) is 0 Å². The molecule has 4 heterocycles. The number of aromatic nitrogens is 3. The van der Waals surface area contributed by atoms with Gasteiger partial charge in [-0.15, -0.1) is 11.8 Å². The van der Waals surface area contributed by atoms with E-state index < -0.39 is 0 Å². The fraction of sp³-hybridized carbons (Fsp3) is 0.0465. The van der Waals surface area contributed by atoms with Gasteiger partial charge in [0.1, 0.15) is 0 Å². The molecule has 2 aliphatic rings. The van der Waals surface area contributed by atoms with Gasteiger partial charge in [0.05, 0.1) is 32.6 Å². The van der Waals surface area contributed by atoms with Gasteiger partial charge in [-0.05, 0) is 65.2 Å². The number of thioether (sulfide) groups is 1. The van der Waals surface area contributed by atoms with Crippen molar-refractivity contribution in [2.24, 2.45) is 0 Å². The minimum atomic E-state index is 0.294. The number of rotatable bonds is 3. The van der Waals surface area contributed by atoms with Gasteiger partial charge in [-0.1, -0.05) is 114 Å². The van der Waals surface area contributed by atoms with Crippen molar-refractivity contribution in [2.75, 3.05) is 0 Å². The van der Waals surface area contributed by atoms with Gasteiger partial charge in [-0.25, -0.2) is 4.98 Å². The first-order valence-electron chi connectivity index (χ1n) is 16.4. The van der Waals surface area contributed by atoms with Crippen LogP contribution in [0.2, 0.25) is 0 Å². The summed E-state index contributed by atoms with van der Waals surface area (Å²) >= 11 is 3.77. The van der Waals surface area contributed by atoms with Crippen LogP contribution in [0, 0.1) is 0 Å². The molecule has 48 heavy (non-hydrogen) atoms. The maximum Gasteiger partial charge on any atom is 0.195 e. The number of para-hydroxylation sites is 3. The van der Waals surface area contributed by atoms with Crippen LogP contribution < -0.4 is 0 Å². The van der Waals surface area contributed by atoms with Crippen LogP contribution in [0.15, 0.2) is 150 Å². The van der Waals surface area contributed by atoms with E-state index in [-0.39, 0.29) is 0 Å². The number of nitrogens with zero attached hydrogens (tertiary/aromatic N) is 3. The van der Waals surface area contributed by atoms with Gasteiger partial charge in [-0.3, -0.25) is 4.57 Å². The molecule has 0 saturated heterocycles. The van der Waals surface area contributed by atoms with Gasteiger partial charge < -0.3 is 4.57 Å². The fourth-order valence-corrected chi connectivity index (χ4v) is 10.4. The smallest absolute Gasteiger partial charge is 0.195 e. The molecule has 0 N–H and O–H groups in total. The molecule has 2 unspecified atom stereocenters. The average Bonchev–Trinajstić information content (AvgIpc) is 3.90. The minimum absolute atomic E-state index is 0.294. The largest absolute Gasteiger partial charge is 0.309 e. The molecule has 2 atom stereocenters. The van der Waals surface area contributed by atoms with Gasteiger partial charge in [0.15, 0.2) is 5.13 Å². The standard InChI is InChI=1S/C43H27N3S2/c1-2-10-28(11-3-1)45-34-15-7-4-12-29(34)31-20-18-26(24-36(31)45)27-19-21-32-30-13-5-8-16-35(30)46(37(32)25-27)43-44-42-40(48-43)23-22-39-41(42)33-14-6-9-17-38(33)47-39/h1-25,39,41H. The van der Waals surface area contributed by atoms with Crippen LogP contribution in [0.25, 0.3) is 71.6 Å². The third kappa shape index (κ3) is 3.74. The van der Waals surface area contributed by atoms with Crippen molar-refractivity contribution in [3.8, 4) is 21.9 Å². The second kappa shape index (κ2) is 10.1. The molecule has 5 heteroatoms. The van der Waals surface area contributed by atoms with Crippen molar-refractivity contribution < 1.29 is 0 Å². The lowest BCUT2D eigenvalue weighted by molar-refractivity contribution is 0.812. The summed E-state index contributed by atoms with van der Waals surface area (Å²) in [5.74, 6) is 0.294. The highest BCUT2D eigenvalue weighted by Crippen LogP contribution is 2.53. The third-order valence-electron chi connectivity index (χ3n) is 10.1. The molecule has 6 aromatic carbocycles. The Morgan fingerprint density at radius 2 is 1.15 bits per heavy atom. The Balaban J connectivity index is 1.11. The van der Waals surface area contributed by atoms with Crippen molar-refractivity contribution in [2.45, 2.75) is 16.1 Å². The normalized spacial score (nSPS) is 16.6. The lowest BCUT2D eigenvalue weighted by Gasteiger charge is -2.19. The highest BCUT2D eigenvalue weighted by atomic mass is 32.2. The SMILES string of the molecule is C1=CC2Sc3ccccc3C2c2nc(-n3c4ccccc4c4ccc(-c5ccc6c7ccccc7n(-c7ccccc7)c6c5)cc43)sc21. The minimum Gasteiger partial charge on any atom is -0.309 e. The van der Waals surface area contributed by atoms with Crippen LogP contribution in [0.4, 0.5) is 0 Å². The zero-order chi connectivity index (χ0) is 31.3. The summed E-state index contributed by atoms with van der Waals surface area (Å²) in [7, 11) is 0. The van der Waals surface area contributed by atoms with E-state index in [0.717, 1.165) is 5.13 Å². The Hall–Kier alpha value is -5.36. The van der Waals surface area contributed by atoms with Crippen molar-refractivity contribution in [1.82, 2.24) is 14.1 Å². The molecule has 1 aliphatic carbocycles. The molecular formula is C43H27N3S2. The van der Waals surface area contributed by atoms with Crippen LogP contribution in [-0.4, -0.2) is 19.4 Å². The zero-order valence-electron chi connectivity index (χ0n) is 25.7. The summed E-state index contributed by atoms with van der Waals surface area (Å²) in [6.45, 7) is 0. The maximum atomic E-state index is 5.46. The van der Waals surface area contributed by atoms with E-state index in [2.05, 4.69) is 161 Å². The second-order valence-corrected chi connectivity index (χ2v) is 14.9. The van der Waals surface area contributed by atoms with Crippen molar-refractivity contribution in [3.63, 3.8) is 0 Å².